The van der Waals surface area contributed by atoms with Gasteiger partial charge in [0.05, 0.1) is 40.3 Å². The van der Waals surface area contributed by atoms with Gasteiger partial charge in [-0.05, 0) is 44.9 Å². The molecule has 0 aliphatic heterocycles. The second kappa shape index (κ2) is 46.3. The summed E-state index contributed by atoms with van der Waals surface area (Å²) in [6.07, 6.45) is 53.5. The van der Waals surface area contributed by atoms with Gasteiger partial charge in [-0.3, -0.25) is 9.59 Å². The van der Waals surface area contributed by atoms with Crippen LogP contribution in [0.4, 0.5) is 0 Å². The Morgan fingerprint density at radius 2 is 0.841 bits per heavy atom. The van der Waals surface area contributed by atoms with Crippen LogP contribution in [0.2, 0.25) is 0 Å². The van der Waals surface area contributed by atoms with E-state index in [0.29, 0.717) is 12.8 Å². The summed E-state index contributed by atoms with van der Waals surface area (Å²) >= 11 is 0. The van der Waals surface area contributed by atoms with E-state index in [1.165, 1.54) is 180 Å². The van der Waals surface area contributed by atoms with Gasteiger partial charge in [-0.1, -0.05) is 218 Å². The number of aliphatic carboxylic acids is 1. The van der Waals surface area contributed by atoms with Gasteiger partial charge in [-0.15, -0.1) is 0 Å². The van der Waals surface area contributed by atoms with Crippen LogP contribution in [0, 0.1) is 0 Å². The zero-order chi connectivity index (χ0) is 46.3. The first-order valence-electron chi connectivity index (χ1n) is 26.9. The van der Waals surface area contributed by atoms with Gasteiger partial charge in [-0.25, -0.2) is 0 Å². The number of allylic oxidation sites excluding steroid dienone is 4. The summed E-state index contributed by atoms with van der Waals surface area (Å²) in [6.45, 7) is 4.68. The number of carbonyl (C=O) groups excluding carboxylic acids is 3. The van der Waals surface area contributed by atoms with E-state index in [1.807, 2.05) is 21.1 Å². The van der Waals surface area contributed by atoms with E-state index in [1.54, 1.807) is 0 Å². The SMILES string of the molecule is CCCCC/C=C\C/C=C\CCCCCCCCCCCC(=O)OC(COCCC(C(=O)[O-])[N+](C)(C)C)COC(=O)CCCCCCCCCCCCCCCCCCCCCC. The Labute approximate surface area is 390 Å². The minimum atomic E-state index is -1.12. The normalized spacial score (nSPS) is 13.0. The van der Waals surface area contributed by atoms with Gasteiger partial charge in [0.15, 0.2) is 6.10 Å². The third-order valence-corrected chi connectivity index (χ3v) is 12.3. The summed E-state index contributed by atoms with van der Waals surface area (Å²) in [5, 5.41) is 11.7. The van der Waals surface area contributed by atoms with E-state index in [9.17, 15) is 19.5 Å². The number of ether oxygens (including phenoxy) is 3. The summed E-state index contributed by atoms with van der Waals surface area (Å²) in [4.78, 5) is 37.1. The van der Waals surface area contributed by atoms with Crippen LogP contribution in [0.5, 0.6) is 0 Å². The van der Waals surface area contributed by atoms with E-state index in [0.717, 1.165) is 44.9 Å². The lowest BCUT2D eigenvalue weighted by Crippen LogP contribution is -2.55. The molecule has 0 saturated heterocycles. The number of carboxylic acids is 1. The van der Waals surface area contributed by atoms with Crippen molar-refractivity contribution in [2.24, 2.45) is 0 Å². The van der Waals surface area contributed by atoms with E-state index in [-0.39, 0.29) is 42.7 Å². The van der Waals surface area contributed by atoms with Crippen molar-refractivity contribution in [1.29, 1.82) is 0 Å². The molecule has 0 N–H and O–H groups in total. The van der Waals surface area contributed by atoms with E-state index in [2.05, 4.69) is 38.2 Å². The molecule has 0 aromatic heterocycles. The van der Waals surface area contributed by atoms with Crippen LogP contribution in [0.25, 0.3) is 0 Å². The van der Waals surface area contributed by atoms with Crippen molar-refractivity contribution in [2.45, 2.75) is 270 Å². The van der Waals surface area contributed by atoms with Gasteiger partial charge in [0.25, 0.3) is 0 Å². The van der Waals surface area contributed by atoms with Crippen LogP contribution in [0.1, 0.15) is 258 Å². The maximum absolute atomic E-state index is 12.8. The molecule has 2 atom stereocenters. The quantitative estimate of drug-likeness (QED) is 0.0259. The molecule has 0 aliphatic carbocycles. The third-order valence-electron chi connectivity index (χ3n) is 12.3. The van der Waals surface area contributed by atoms with Gasteiger partial charge < -0.3 is 28.6 Å². The maximum Gasteiger partial charge on any atom is 0.306 e. The fraction of sp³-hybridized carbons (Fsp3) is 0.873. The van der Waals surface area contributed by atoms with Crippen molar-refractivity contribution < 1.29 is 38.2 Å². The number of carboxylic acid groups (broad SMARTS) is 1. The van der Waals surface area contributed by atoms with E-state index < -0.39 is 18.1 Å². The Kier molecular flexibility index (Phi) is 44.7. The van der Waals surface area contributed by atoms with E-state index in [4.69, 9.17) is 14.2 Å². The summed E-state index contributed by atoms with van der Waals surface area (Å²) in [6, 6.07) is -0.724. The fourth-order valence-electron chi connectivity index (χ4n) is 8.16. The smallest absolute Gasteiger partial charge is 0.306 e. The van der Waals surface area contributed by atoms with E-state index >= 15 is 0 Å². The second-order valence-electron chi connectivity index (χ2n) is 19.5. The van der Waals surface area contributed by atoms with Gasteiger partial charge in [0.2, 0.25) is 0 Å². The van der Waals surface area contributed by atoms with Gasteiger partial charge in [0, 0.05) is 19.3 Å². The third kappa shape index (κ3) is 44.8. The molecular weight excluding hydrogens is 787 g/mol. The van der Waals surface area contributed by atoms with Crippen LogP contribution in [0.3, 0.4) is 0 Å². The second-order valence-corrected chi connectivity index (χ2v) is 19.5. The number of carbonyl (C=O) groups is 3. The molecule has 0 aromatic rings. The molecule has 0 heterocycles. The first-order chi connectivity index (χ1) is 30.6. The lowest BCUT2D eigenvalue weighted by atomic mass is 10.0. The Morgan fingerprint density at radius 1 is 0.476 bits per heavy atom. The molecule has 0 amide bonds. The maximum atomic E-state index is 12.8. The molecule has 8 nitrogen and oxygen atoms in total. The number of esters is 2. The van der Waals surface area contributed by atoms with Crippen molar-refractivity contribution in [2.75, 3.05) is 41.0 Å². The zero-order valence-corrected chi connectivity index (χ0v) is 42.3. The highest BCUT2D eigenvalue weighted by Crippen LogP contribution is 2.17. The number of hydrogen-bond acceptors (Lipinski definition) is 7. The minimum Gasteiger partial charge on any atom is -0.544 e. The lowest BCUT2D eigenvalue weighted by Gasteiger charge is -2.34. The zero-order valence-electron chi connectivity index (χ0n) is 42.3. The molecule has 370 valence electrons. The summed E-state index contributed by atoms with van der Waals surface area (Å²) in [5.41, 5.74) is 0. The van der Waals surface area contributed by atoms with Crippen LogP contribution in [-0.2, 0) is 28.6 Å². The van der Waals surface area contributed by atoms with Crippen LogP contribution in [-0.4, -0.2) is 75.5 Å². The number of likely N-dealkylation sites (N-methyl/N-ethyl adjacent to an activating group) is 1. The highest BCUT2D eigenvalue weighted by atomic mass is 16.6. The first-order valence-corrected chi connectivity index (χ1v) is 26.9. The molecule has 0 aromatic carbocycles. The molecule has 0 bridgehead atoms. The Morgan fingerprint density at radius 3 is 1.25 bits per heavy atom. The number of hydrogen-bond donors (Lipinski definition) is 0. The molecule has 0 aliphatic rings. The van der Waals surface area contributed by atoms with Crippen LogP contribution < -0.4 is 5.11 Å². The van der Waals surface area contributed by atoms with Gasteiger partial charge in [0.1, 0.15) is 12.6 Å². The van der Waals surface area contributed by atoms with Crippen molar-refractivity contribution in [3.63, 3.8) is 0 Å². The summed E-state index contributed by atoms with van der Waals surface area (Å²) in [5.74, 6) is -1.72. The van der Waals surface area contributed by atoms with Gasteiger partial charge in [-0.2, -0.15) is 0 Å². The standard InChI is InChI=1S/C55H103NO7/c1-6-8-10-12-14-16-18-20-22-24-26-28-29-31-33-35-37-39-41-43-45-53(57)62-50-51(49-61-48-47-52(55(59)60)56(3,4)5)63-54(58)46-44-42-40-38-36-34-32-30-27-25-23-21-19-17-15-13-11-9-7-2/h15,17,21,23,51-52H,6-14,16,18-20,22,24-50H2,1-5H3/b17-15-,23-21-. The number of nitrogens with zero attached hydrogens (tertiary/aromatic N) is 1. The summed E-state index contributed by atoms with van der Waals surface area (Å²) in [7, 11) is 5.43. The number of rotatable bonds is 49. The number of unbranched alkanes of at least 4 members (excludes halogenated alkanes) is 31. The van der Waals surface area contributed by atoms with Crippen molar-refractivity contribution >= 4 is 17.9 Å². The van der Waals surface area contributed by atoms with Gasteiger partial charge >= 0.3 is 11.9 Å². The Balaban J connectivity index is 4.19. The molecular formula is C55H103NO7. The highest BCUT2D eigenvalue weighted by Gasteiger charge is 2.25. The minimum absolute atomic E-state index is 0.0437. The van der Waals surface area contributed by atoms with Crippen molar-refractivity contribution in [1.82, 2.24) is 0 Å². The van der Waals surface area contributed by atoms with Crippen molar-refractivity contribution in [3.05, 3.63) is 24.3 Å². The fourth-order valence-corrected chi connectivity index (χ4v) is 8.16. The molecule has 0 radical (unpaired) electrons. The topological polar surface area (TPSA) is 102 Å². The average molecular weight is 890 g/mol. The molecule has 0 fully saturated rings. The monoisotopic (exact) mass is 890 g/mol. The molecule has 0 rings (SSSR count). The molecule has 63 heavy (non-hydrogen) atoms. The predicted molar refractivity (Wildman–Crippen MR) is 264 cm³/mol. The Hall–Kier alpha value is -2.19. The first kappa shape index (κ1) is 60.8. The molecule has 8 heteroatoms. The molecule has 0 spiro atoms. The predicted octanol–water partition coefficient (Wildman–Crippen LogP) is 14.3. The average Bonchev–Trinajstić information content (AvgIpc) is 3.24. The lowest BCUT2D eigenvalue weighted by molar-refractivity contribution is -0.889. The van der Waals surface area contributed by atoms with Crippen molar-refractivity contribution in [3.8, 4) is 0 Å². The highest BCUT2D eigenvalue weighted by molar-refractivity contribution is 5.70. The Bertz CT molecular complexity index is 1080. The molecule has 0 saturated carbocycles. The number of quaternary nitrogens is 1. The largest absolute Gasteiger partial charge is 0.544 e. The van der Waals surface area contributed by atoms with Crippen LogP contribution >= 0.6 is 0 Å². The summed E-state index contributed by atoms with van der Waals surface area (Å²) < 4.78 is 17.3. The van der Waals surface area contributed by atoms with Crippen LogP contribution in [0.15, 0.2) is 24.3 Å². The molecule has 2 unspecified atom stereocenters.